The summed E-state index contributed by atoms with van der Waals surface area (Å²) >= 11 is 0. The molecule has 232 valence electrons. The Hall–Kier alpha value is -3.77. The fourth-order valence-electron chi connectivity index (χ4n) is 5.45. The third-order valence-corrected chi connectivity index (χ3v) is 8.04. The zero-order valence-electron chi connectivity index (χ0n) is 24.7. The topological polar surface area (TPSA) is 97.3 Å². The van der Waals surface area contributed by atoms with E-state index in [1.807, 2.05) is 56.6 Å². The molecule has 1 fully saturated rings. The van der Waals surface area contributed by atoms with Gasteiger partial charge in [-0.2, -0.15) is 13.2 Å². The molecule has 0 spiro atoms. The van der Waals surface area contributed by atoms with Gasteiger partial charge in [-0.3, -0.25) is 19.3 Å². The Kier molecular flexibility index (Phi) is 10.6. The molecule has 1 saturated heterocycles. The van der Waals surface area contributed by atoms with E-state index < -0.39 is 55.2 Å². The Bertz CT molecular complexity index is 1310. The molecule has 0 bridgehead atoms. The SMILES string of the molecule is CN1C(=O)[C@@H](NC(=O)[C@H](CCC(F)(F)F)CC(=O)NCN2CCC(N(C)C)CC2)N=C(c2ccccc2)c2ccccc21. The van der Waals surface area contributed by atoms with E-state index in [4.69, 9.17) is 0 Å². The van der Waals surface area contributed by atoms with Crippen molar-refractivity contribution in [2.24, 2.45) is 10.9 Å². The summed E-state index contributed by atoms with van der Waals surface area (Å²) in [4.78, 5) is 50.0. The molecule has 2 aliphatic rings. The molecule has 12 heteroatoms. The van der Waals surface area contributed by atoms with E-state index in [9.17, 15) is 27.6 Å². The minimum atomic E-state index is -4.51. The number of carbonyl (C=O) groups excluding carboxylic acids is 3. The van der Waals surface area contributed by atoms with Gasteiger partial charge in [0.05, 0.1) is 18.1 Å². The van der Waals surface area contributed by atoms with Crippen molar-refractivity contribution in [1.29, 1.82) is 0 Å². The summed E-state index contributed by atoms with van der Waals surface area (Å²) in [6.45, 7) is 1.81. The quantitative estimate of drug-likeness (QED) is 0.436. The van der Waals surface area contributed by atoms with Crippen LogP contribution < -0.4 is 15.5 Å². The molecule has 0 saturated carbocycles. The van der Waals surface area contributed by atoms with Gasteiger partial charge in [0.2, 0.25) is 18.0 Å². The van der Waals surface area contributed by atoms with Crippen molar-refractivity contribution < 1.29 is 27.6 Å². The number of carbonyl (C=O) groups is 3. The highest BCUT2D eigenvalue weighted by molar-refractivity contribution is 6.20. The van der Waals surface area contributed by atoms with Gasteiger partial charge >= 0.3 is 6.18 Å². The molecule has 0 unspecified atom stereocenters. The second-order valence-electron chi connectivity index (χ2n) is 11.3. The first-order valence-corrected chi connectivity index (χ1v) is 14.5. The molecule has 2 heterocycles. The molecule has 4 rings (SSSR count). The van der Waals surface area contributed by atoms with Gasteiger partial charge in [-0.25, -0.2) is 4.99 Å². The van der Waals surface area contributed by atoms with Gasteiger partial charge in [0, 0.05) is 56.1 Å². The number of anilines is 1. The second kappa shape index (κ2) is 14.1. The third-order valence-electron chi connectivity index (χ3n) is 8.04. The highest BCUT2D eigenvalue weighted by Gasteiger charge is 2.35. The molecule has 0 aromatic heterocycles. The monoisotopic (exact) mass is 600 g/mol. The van der Waals surface area contributed by atoms with Crippen LogP contribution in [0.15, 0.2) is 59.6 Å². The first-order chi connectivity index (χ1) is 20.4. The van der Waals surface area contributed by atoms with Crippen LogP contribution >= 0.6 is 0 Å². The third kappa shape index (κ3) is 8.64. The summed E-state index contributed by atoms with van der Waals surface area (Å²) in [5.41, 5.74) is 2.42. The van der Waals surface area contributed by atoms with Gasteiger partial charge < -0.3 is 20.4 Å². The molecule has 2 aliphatic heterocycles. The predicted octanol–water partition coefficient (Wildman–Crippen LogP) is 3.39. The fraction of sp³-hybridized carbons (Fsp3) is 0.484. The molecule has 2 N–H and O–H groups in total. The molecule has 0 aliphatic carbocycles. The van der Waals surface area contributed by atoms with Crippen molar-refractivity contribution in [3.63, 3.8) is 0 Å². The zero-order valence-corrected chi connectivity index (χ0v) is 24.7. The Balaban J connectivity index is 1.49. The van der Waals surface area contributed by atoms with E-state index in [1.165, 1.54) is 4.90 Å². The lowest BCUT2D eigenvalue weighted by atomic mass is 9.97. The van der Waals surface area contributed by atoms with Gasteiger partial charge in [-0.15, -0.1) is 0 Å². The Morgan fingerprint density at radius 1 is 1.05 bits per heavy atom. The maximum Gasteiger partial charge on any atom is 0.389 e. The van der Waals surface area contributed by atoms with Crippen LogP contribution in [0.1, 0.15) is 43.2 Å². The number of fused-ring (bicyclic) bond motifs is 1. The number of benzene rings is 2. The highest BCUT2D eigenvalue weighted by atomic mass is 19.4. The Labute approximate surface area is 250 Å². The van der Waals surface area contributed by atoms with Crippen LogP contribution in [0.25, 0.3) is 0 Å². The second-order valence-corrected chi connectivity index (χ2v) is 11.3. The first-order valence-electron chi connectivity index (χ1n) is 14.5. The Morgan fingerprint density at radius 2 is 1.70 bits per heavy atom. The number of nitrogens with zero attached hydrogens (tertiary/aromatic N) is 4. The summed E-state index contributed by atoms with van der Waals surface area (Å²) in [7, 11) is 5.61. The highest BCUT2D eigenvalue weighted by Crippen LogP contribution is 2.28. The van der Waals surface area contributed by atoms with Crippen molar-refractivity contribution in [3.05, 3.63) is 65.7 Å². The van der Waals surface area contributed by atoms with Gasteiger partial charge in [0.1, 0.15) is 0 Å². The molecule has 2 atom stereocenters. The molecular weight excluding hydrogens is 561 g/mol. The standard InChI is InChI=1S/C31H39F3N6O3/c1-38(2)23-14-17-40(18-15-23)20-35-26(41)19-22(13-16-31(32,33)34)29(42)37-28-30(43)39(3)25-12-8-7-11-24(25)27(36-28)21-9-5-4-6-10-21/h4-12,22-23,28H,13-20H2,1-3H3,(H,35,41)(H,37,42)/t22-,28-/m1/s1. The summed E-state index contributed by atoms with van der Waals surface area (Å²) in [6, 6.07) is 16.8. The average molecular weight is 601 g/mol. The fourth-order valence-corrected chi connectivity index (χ4v) is 5.45. The number of piperidine rings is 1. The van der Waals surface area contributed by atoms with Gasteiger partial charge in [-0.05, 0) is 39.4 Å². The zero-order chi connectivity index (χ0) is 31.1. The number of benzodiazepines with no additional fused rings is 1. The van der Waals surface area contributed by atoms with E-state index >= 15 is 0 Å². The number of rotatable bonds is 10. The lowest BCUT2D eigenvalue weighted by molar-refractivity contribution is -0.144. The van der Waals surface area contributed by atoms with Crippen LogP contribution in [-0.4, -0.2) is 92.5 Å². The van der Waals surface area contributed by atoms with Gasteiger partial charge in [0.15, 0.2) is 0 Å². The number of para-hydroxylation sites is 1. The molecular formula is C31H39F3N6O3. The van der Waals surface area contributed by atoms with Crippen LogP contribution in [-0.2, 0) is 14.4 Å². The van der Waals surface area contributed by atoms with Crippen molar-refractivity contribution in [1.82, 2.24) is 20.4 Å². The van der Waals surface area contributed by atoms with Crippen molar-refractivity contribution in [3.8, 4) is 0 Å². The van der Waals surface area contributed by atoms with Crippen molar-refractivity contribution >= 4 is 29.1 Å². The molecule has 2 aromatic rings. The number of likely N-dealkylation sites (tertiary alicyclic amines) is 1. The van der Waals surface area contributed by atoms with Crippen LogP contribution in [0, 0.1) is 5.92 Å². The number of hydrogen-bond acceptors (Lipinski definition) is 6. The number of nitrogens with one attached hydrogen (secondary N) is 2. The van der Waals surface area contributed by atoms with E-state index in [0.717, 1.165) is 25.9 Å². The summed E-state index contributed by atoms with van der Waals surface area (Å²) in [5, 5.41) is 5.31. The first kappa shape index (κ1) is 32.2. The summed E-state index contributed by atoms with van der Waals surface area (Å²) in [5.74, 6) is -3.21. The average Bonchev–Trinajstić information content (AvgIpc) is 3.09. The van der Waals surface area contributed by atoms with Gasteiger partial charge in [-0.1, -0.05) is 48.5 Å². The van der Waals surface area contributed by atoms with Gasteiger partial charge in [0.25, 0.3) is 5.91 Å². The number of aliphatic imine (C=N–C) groups is 1. The Morgan fingerprint density at radius 3 is 2.35 bits per heavy atom. The number of amides is 3. The maximum atomic E-state index is 13.5. The van der Waals surface area contributed by atoms with Crippen LogP contribution in [0.4, 0.5) is 18.9 Å². The largest absolute Gasteiger partial charge is 0.389 e. The van der Waals surface area contributed by atoms with Crippen LogP contribution in [0.2, 0.25) is 0 Å². The van der Waals surface area contributed by atoms with E-state index in [0.29, 0.717) is 28.6 Å². The minimum Gasteiger partial charge on any atom is -0.343 e. The molecule has 3 amide bonds. The smallest absolute Gasteiger partial charge is 0.343 e. The molecule has 43 heavy (non-hydrogen) atoms. The van der Waals surface area contributed by atoms with Crippen molar-refractivity contribution in [2.45, 2.75) is 50.5 Å². The lowest BCUT2D eigenvalue weighted by Crippen LogP contribution is -2.49. The lowest BCUT2D eigenvalue weighted by Gasteiger charge is -2.35. The number of likely N-dealkylation sites (N-methyl/N-ethyl adjacent to an activating group) is 1. The summed E-state index contributed by atoms with van der Waals surface area (Å²) < 4.78 is 39.6. The van der Waals surface area contributed by atoms with E-state index in [1.54, 1.807) is 19.2 Å². The minimum absolute atomic E-state index is 0.251. The van der Waals surface area contributed by atoms with Crippen molar-refractivity contribution in [2.75, 3.05) is 45.8 Å². The number of halogens is 3. The molecule has 9 nitrogen and oxygen atoms in total. The predicted molar refractivity (Wildman–Crippen MR) is 159 cm³/mol. The number of hydrogen-bond donors (Lipinski definition) is 2. The molecule has 2 aromatic carbocycles. The summed E-state index contributed by atoms with van der Waals surface area (Å²) in [6.07, 6.45) is -6.29. The molecule has 0 radical (unpaired) electrons. The van der Waals surface area contributed by atoms with E-state index in [-0.39, 0.29) is 6.67 Å². The number of alkyl halides is 3. The van der Waals surface area contributed by atoms with E-state index in [2.05, 4.69) is 25.4 Å². The van der Waals surface area contributed by atoms with Crippen LogP contribution in [0.3, 0.4) is 0 Å². The maximum absolute atomic E-state index is 13.5. The van der Waals surface area contributed by atoms with Crippen LogP contribution in [0.5, 0.6) is 0 Å². The normalized spacial score (nSPS) is 19.0.